The first-order valence-electron chi connectivity index (χ1n) is 7.29. The van der Waals surface area contributed by atoms with E-state index in [-0.39, 0.29) is 0 Å². The summed E-state index contributed by atoms with van der Waals surface area (Å²) in [6.07, 6.45) is 8.86. The van der Waals surface area contributed by atoms with Crippen LogP contribution in [0.25, 0.3) is 0 Å². The molecule has 0 bridgehead atoms. The molecule has 0 aromatic carbocycles. The predicted molar refractivity (Wildman–Crippen MR) is 86.6 cm³/mol. The third-order valence-electron chi connectivity index (χ3n) is 3.65. The molecule has 1 aromatic rings. The third-order valence-corrected chi connectivity index (χ3v) is 4.84. The van der Waals surface area contributed by atoms with E-state index in [9.17, 15) is 0 Å². The van der Waals surface area contributed by atoms with Crippen molar-refractivity contribution in [2.75, 3.05) is 18.9 Å². The molecule has 0 aliphatic carbocycles. The van der Waals surface area contributed by atoms with E-state index in [0.717, 1.165) is 18.4 Å². The Morgan fingerprint density at radius 3 is 2.21 bits per heavy atom. The molecule has 0 spiro atoms. The maximum Gasteiger partial charge on any atom is 0.0271 e. The van der Waals surface area contributed by atoms with Crippen molar-refractivity contribution in [3.05, 3.63) is 30.1 Å². The van der Waals surface area contributed by atoms with Crippen LogP contribution in [0.3, 0.4) is 0 Å². The molecular weight excluding hydrogens is 300 g/mol. The van der Waals surface area contributed by atoms with Crippen LogP contribution in [-0.4, -0.2) is 28.8 Å². The van der Waals surface area contributed by atoms with Crippen LogP contribution in [0.4, 0.5) is 0 Å². The first-order chi connectivity index (χ1) is 9.15. The zero-order valence-corrected chi connectivity index (χ0v) is 14.1. The van der Waals surface area contributed by atoms with Crippen LogP contribution in [-0.2, 0) is 6.54 Å². The lowest BCUT2D eigenvalue weighted by molar-refractivity contribution is 0.166. The number of hydrogen-bond acceptors (Lipinski definition) is 2. The Hall–Kier alpha value is -0.410. The minimum absolute atomic E-state index is 0.422. The maximum atomic E-state index is 4.08. The topological polar surface area (TPSA) is 16.1 Å². The van der Waals surface area contributed by atoms with Crippen molar-refractivity contribution in [3.63, 3.8) is 0 Å². The van der Waals surface area contributed by atoms with Gasteiger partial charge in [0.2, 0.25) is 0 Å². The zero-order chi connectivity index (χ0) is 14.1. The highest BCUT2D eigenvalue weighted by Gasteiger charge is 2.28. The van der Waals surface area contributed by atoms with E-state index < -0.39 is 0 Å². The number of hydrogen-bond donors (Lipinski definition) is 0. The predicted octanol–water partition coefficient (Wildman–Crippen LogP) is 4.49. The summed E-state index contributed by atoms with van der Waals surface area (Å²) in [6, 6.07) is 4.21. The third kappa shape index (κ3) is 5.62. The quantitative estimate of drug-likeness (QED) is 0.621. The first kappa shape index (κ1) is 16.6. The van der Waals surface area contributed by atoms with Gasteiger partial charge in [0.25, 0.3) is 0 Å². The van der Waals surface area contributed by atoms with Crippen molar-refractivity contribution in [1.29, 1.82) is 0 Å². The standard InChI is InChI=1S/C16H27BrN2/c1-4-8-16(13-17,9-5-2)14-19(3)12-15-6-10-18-11-7-15/h6-7,10-11H,4-5,8-9,12-14H2,1-3H3. The van der Waals surface area contributed by atoms with E-state index in [2.05, 4.69) is 58.8 Å². The summed E-state index contributed by atoms with van der Waals surface area (Å²) in [4.78, 5) is 6.52. The average Bonchev–Trinajstić information content (AvgIpc) is 2.40. The van der Waals surface area contributed by atoms with E-state index in [1.54, 1.807) is 0 Å². The van der Waals surface area contributed by atoms with Crippen molar-refractivity contribution < 1.29 is 0 Å². The van der Waals surface area contributed by atoms with Crippen LogP contribution in [0.2, 0.25) is 0 Å². The Bertz CT molecular complexity index is 334. The Balaban J connectivity index is 2.62. The number of halogens is 1. The van der Waals surface area contributed by atoms with E-state index in [4.69, 9.17) is 0 Å². The molecule has 0 N–H and O–H groups in total. The van der Waals surface area contributed by atoms with Gasteiger partial charge in [0.1, 0.15) is 0 Å². The van der Waals surface area contributed by atoms with Crippen LogP contribution in [0.5, 0.6) is 0 Å². The van der Waals surface area contributed by atoms with Crippen LogP contribution < -0.4 is 0 Å². The van der Waals surface area contributed by atoms with Crippen molar-refractivity contribution in [1.82, 2.24) is 9.88 Å². The molecule has 1 rings (SSSR count). The molecule has 3 heteroatoms. The van der Waals surface area contributed by atoms with Gasteiger partial charge in [0.05, 0.1) is 0 Å². The minimum Gasteiger partial charge on any atom is -0.302 e. The van der Waals surface area contributed by atoms with Gasteiger partial charge >= 0.3 is 0 Å². The van der Waals surface area contributed by atoms with Crippen LogP contribution >= 0.6 is 15.9 Å². The van der Waals surface area contributed by atoms with Crippen LogP contribution in [0.15, 0.2) is 24.5 Å². The molecule has 0 aliphatic heterocycles. The Morgan fingerprint density at radius 2 is 1.74 bits per heavy atom. The van der Waals surface area contributed by atoms with Gasteiger partial charge in [-0.2, -0.15) is 0 Å². The van der Waals surface area contributed by atoms with Crippen LogP contribution in [0, 0.1) is 5.41 Å². The van der Waals surface area contributed by atoms with E-state index >= 15 is 0 Å². The number of rotatable bonds is 9. The number of pyridine rings is 1. The van der Waals surface area contributed by atoms with Gasteiger partial charge in [-0.15, -0.1) is 0 Å². The lowest BCUT2D eigenvalue weighted by Crippen LogP contribution is -2.36. The second-order valence-electron chi connectivity index (χ2n) is 5.66. The summed E-state index contributed by atoms with van der Waals surface area (Å²) < 4.78 is 0. The Morgan fingerprint density at radius 1 is 1.16 bits per heavy atom. The lowest BCUT2D eigenvalue weighted by atomic mass is 9.80. The fourth-order valence-corrected chi connectivity index (χ4v) is 3.69. The molecule has 0 unspecified atom stereocenters. The maximum absolute atomic E-state index is 4.08. The van der Waals surface area contributed by atoms with E-state index in [1.165, 1.54) is 31.2 Å². The Labute approximate surface area is 126 Å². The molecule has 0 radical (unpaired) electrons. The molecule has 1 heterocycles. The molecule has 0 saturated carbocycles. The molecule has 1 aromatic heterocycles. The number of nitrogens with zero attached hydrogens (tertiary/aromatic N) is 2. The molecule has 0 aliphatic rings. The van der Waals surface area contributed by atoms with Gasteiger partial charge in [0, 0.05) is 30.8 Å². The highest BCUT2D eigenvalue weighted by molar-refractivity contribution is 9.09. The fourth-order valence-electron chi connectivity index (χ4n) is 2.95. The average molecular weight is 327 g/mol. The van der Waals surface area contributed by atoms with Crippen molar-refractivity contribution in [2.24, 2.45) is 5.41 Å². The normalized spacial score (nSPS) is 12.1. The van der Waals surface area contributed by atoms with E-state index in [0.29, 0.717) is 5.41 Å². The van der Waals surface area contributed by atoms with Gasteiger partial charge in [-0.25, -0.2) is 0 Å². The van der Waals surface area contributed by atoms with Gasteiger partial charge in [-0.3, -0.25) is 4.98 Å². The number of alkyl halides is 1. The van der Waals surface area contributed by atoms with Crippen molar-refractivity contribution >= 4 is 15.9 Å². The summed E-state index contributed by atoms with van der Waals surface area (Å²) >= 11 is 3.75. The van der Waals surface area contributed by atoms with Crippen molar-refractivity contribution in [2.45, 2.75) is 46.1 Å². The number of aromatic nitrogens is 1. The molecule has 0 amide bonds. The molecule has 2 nitrogen and oxygen atoms in total. The summed E-state index contributed by atoms with van der Waals surface area (Å²) in [5.41, 5.74) is 1.76. The Kier molecular flexibility index (Phi) is 7.62. The highest BCUT2D eigenvalue weighted by atomic mass is 79.9. The fraction of sp³-hybridized carbons (Fsp3) is 0.688. The molecule has 0 fully saturated rings. The van der Waals surface area contributed by atoms with Crippen LogP contribution in [0.1, 0.15) is 45.1 Å². The summed E-state index contributed by atoms with van der Waals surface area (Å²) in [5.74, 6) is 0. The molecular formula is C16H27BrN2. The van der Waals surface area contributed by atoms with Crippen molar-refractivity contribution in [3.8, 4) is 0 Å². The summed E-state index contributed by atoms with van der Waals surface area (Å²) in [6.45, 7) is 6.73. The van der Waals surface area contributed by atoms with Gasteiger partial charge in [-0.1, -0.05) is 42.6 Å². The SMILES string of the molecule is CCCC(CBr)(CCC)CN(C)Cc1ccncc1. The molecule has 0 saturated heterocycles. The first-order valence-corrected chi connectivity index (χ1v) is 8.41. The molecule has 0 atom stereocenters. The van der Waals surface area contributed by atoms with Gasteiger partial charge in [0.15, 0.2) is 0 Å². The van der Waals surface area contributed by atoms with E-state index in [1.807, 2.05) is 12.4 Å². The highest BCUT2D eigenvalue weighted by Crippen LogP contribution is 2.33. The summed E-state index contributed by atoms with van der Waals surface area (Å²) in [7, 11) is 2.23. The monoisotopic (exact) mass is 326 g/mol. The second kappa shape index (κ2) is 8.70. The van der Waals surface area contributed by atoms with Gasteiger partial charge < -0.3 is 4.90 Å². The smallest absolute Gasteiger partial charge is 0.0271 e. The zero-order valence-electron chi connectivity index (χ0n) is 12.5. The largest absolute Gasteiger partial charge is 0.302 e. The van der Waals surface area contributed by atoms with Gasteiger partial charge in [-0.05, 0) is 43.0 Å². The lowest BCUT2D eigenvalue weighted by Gasteiger charge is -2.36. The minimum atomic E-state index is 0.422. The molecule has 108 valence electrons. The summed E-state index contributed by atoms with van der Waals surface area (Å²) in [5, 5.41) is 1.10. The second-order valence-corrected chi connectivity index (χ2v) is 6.22. The molecule has 19 heavy (non-hydrogen) atoms.